The molecule has 17 heavy (non-hydrogen) atoms. The summed E-state index contributed by atoms with van der Waals surface area (Å²) in [7, 11) is -3.37. The molecule has 1 N–H and O–H groups in total. The van der Waals surface area contributed by atoms with E-state index in [0.717, 1.165) is 10.0 Å². The third kappa shape index (κ3) is 3.38. The predicted octanol–water partition coefficient (Wildman–Crippen LogP) is 2.99. The fraction of sp³-hybridized carbons (Fsp3) is 0.0909. The molecule has 1 aromatic heterocycles. The van der Waals surface area contributed by atoms with Gasteiger partial charge in [-0.05, 0) is 29.1 Å². The Kier molecular flexibility index (Phi) is 3.98. The zero-order valence-electron chi connectivity index (χ0n) is 8.76. The maximum absolute atomic E-state index is 11.8. The van der Waals surface area contributed by atoms with E-state index in [1.54, 1.807) is 17.5 Å². The van der Waals surface area contributed by atoms with Crippen LogP contribution >= 0.6 is 27.3 Å². The van der Waals surface area contributed by atoms with Crippen molar-refractivity contribution in [1.29, 1.82) is 0 Å². The number of rotatable bonds is 4. The Bertz CT molecular complexity index is 576. The highest BCUT2D eigenvalue weighted by molar-refractivity contribution is 9.10. The molecule has 0 fully saturated rings. The molecule has 90 valence electrons. The fourth-order valence-electron chi connectivity index (χ4n) is 1.27. The van der Waals surface area contributed by atoms with Crippen LogP contribution in [-0.2, 0) is 16.6 Å². The van der Waals surface area contributed by atoms with Gasteiger partial charge in [-0.2, -0.15) is 0 Å². The number of hydrogen-bond acceptors (Lipinski definition) is 3. The van der Waals surface area contributed by atoms with Gasteiger partial charge in [0.15, 0.2) is 0 Å². The lowest BCUT2D eigenvalue weighted by molar-refractivity contribution is 0.583. The quantitative estimate of drug-likeness (QED) is 0.936. The Labute approximate surface area is 113 Å². The van der Waals surface area contributed by atoms with E-state index in [4.69, 9.17) is 0 Å². The zero-order chi connectivity index (χ0) is 12.3. The summed E-state index contributed by atoms with van der Waals surface area (Å²) in [5.74, 6) is 0. The third-order valence-electron chi connectivity index (χ3n) is 2.14. The lowest BCUT2D eigenvalue weighted by atomic mass is 10.2. The van der Waals surface area contributed by atoms with Crippen LogP contribution in [-0.4, -0.2) is 8.42 Å². The number of sulfonamides is 1. The lowest BCUT2D eigenvalue weighted by Crippen LogP contribution is -2.22. The van der Waals surface area contributed by atoms with E-state index < -0.39 is 10.0 Å². The Morgan fingerprint density at radius 2 is 1.88 bits per heavy atom. The van der Waals surface area contributed by atoms with Gasteiger partial charge >= 0.3 is 0 Å². The average Bonchev–Trinajstić information content (AvgIpc) is 2.82. The van der Waals surface area contributed by atoms with Gasteiger partial charge in [0, 0.05) is 11.0 Å². The lowest BCUT2D eigenvalue weighted by Gasteiger charge is -2.04. The van der Waals surface area contributed by atoms with Crippen LogP contribution in [0, 0.1) is 0 Å². The van der Waals surface area contributed by atoms with Crippen LogP contribution in [0.1, 0.15) is 5.56 Å². The minimum Gasteiger partial charge on any atom is -0.206 e. The summed E-state index contributed by atoms with van der Waals surface area (Å²) in [6.07, 6.45) is 0. The normalized spacial score (nSPS) is 11.6. The molecule has 0 saturated carbocycles. The first-order valence-electron chi connectivity index (χ1n) is 4.85. The van der Waals surface area contributed by atoms with Crippen molar-refractivity contribution in [1.82, 2.24) is 4.72 Å². The van der Waals surface area contributed by atoms with Crippen LogP contribution in [0.2, 0.25) is 0 Å². The molecule has 1 heterocycles. The van der Waals surface area contributed by atoms with Crippen LogP contribution < -0.4 is 4.72 Å². The molecule has 0 unspecified atom stereocenters. The first kappa shape index (κ1) is 12.8. The van der Waals surface area contributed by atoms with E-state index in [0.29, 0.717) is 10.8 Å². The van der Waals surface area contributed by atoms with Crippen LogP contribution in [0.15, 0.2) is 50.5 Å². The molecule has 0 atom stereocenters. The molecule has 0 saturated heterocycles. The molecule has 1 aromatic carbocycles. The van der Waals surface area contributed by atoms with Gasteiger partial charge in [0.05, 0.1) is 0 Å². The highest BCUT2D eigenvalue weighted by Gasteiger charge is 2.14. The smallest absolute Gasteiger partial charge is 0.206 e. The molecule has 2 aromatic rings. The number of benzene rings is 1. The Morgan fingerprint density at radius 1 is 1.18 bits per heavy atom. The Morgan fingerprint density at radius 3 is 2.47 bits per heavy atom. The Balaban J connectivity index is 2.06. The second kappa shape index (κ2) is 5.30. The predicted molar refractivity (Wildman–Crippen MR) is 72.5 cm³/mol. The highest BCUT2D eigenvalue weighted by Crippen LogP contribution is 2.16. The molecule has 0 bridgehead atoms. The molecule has 2 rings (SSSR count). The Hall–Kier alpha value is -0.690. The van der Waals surface area contributed by atoms with Crippen molar-refractivity contribution in [2.45, 2.75) is 10.8 Å². The minimum atomic E-state index is -3.37. The third-order valence-corrected chi connectivity index (χ3v) is 5.47. The number of halogens is 1. The standard InChI is InChI=1S/C11H10BrNO2S2/c12-10-5-3-9(4-6-10)8-13-17(14,15)11-2-1-7-16-11/h1-7,13H,8H2. The highest BCUT2D eigenvalue weighted by atomic mass is 79.9. The monoisotopic (exact) mass is 331 g/mol. The van der Waals surface area contributed by atoms with Crippen molar-refractivity contribution in [2.75, 3.05) is 0 Å². The topological polar surface area (TPSA) is 46.2 Å². The van der Waals surface area contributed by atoms with Crippen molar-refractivity contribution in [3.63, 3.8) is 0 Å². The largest absolute Gasteiger partial charge is 0.250 e. The van der Waals surface area contributed by atoms with Gasteiger partial charge in [0.25, 0.3) is 0 Å². The van der Waals surface area contributed by atoms with Crippen molar-refractivity contribution >= 4 is 37.3 Å². The van der Waals surface area contributed by atoms with Crippen LogP contribution in [0.5, 0.6) is 0 Å². The fourth-order valence-corrected chi connectivity index (χ4v) is 3.59. The molecule has 0 aliphatic carbocycles. The van der Waals surface area contributed by atoms with E-state index in [2.05, 4.69) is 20.7 Å². The van der Waals surface area contributed by atoms with Crippen LogP contribution in [0.3, 0.4) is 0 Å². The number of nitrogens with one attached hydrogen (secondary N) is 1. The van der Waals surface area contributed by atoms with Gasteiger partial charge in [0.1, 0.15) is 4.21 Å². The summed E-state index contributed by atoms with van der Waals surface area (Å²) >= 11 is 4.54. The van der Waals surface area contributed by atoms with Crippen LogP contribution in [0.25, 0.3) is 0 Å². The molecule has 0 aliphatic heterocycles. The number of hydrogen-bond donors (Lipinski definition) is 1. The van der Waals surface area contributed by atoms with Crippen molar-refractivity contribution < 1.29 is 8.42 Å². The van der Waals surface area contributed by atoms with E-state index in [1.807, 2.05) is 24.3 Å². The van der Waals surface area contributed by atoms with Gasteiger partial charge < -0.3 is 0 Å². The maximum Gasteiger partial charge on any atom is 0.250 e. The van der Waals surface area contributed by atoms with E-state index >= 15 is 0 Å². The SMILES string of the molecule is O=S(=O)(NCc1ccc(Br)cc1)c1cccs1. The molecule has 0 aliphatic rings. The van der Waals surface area contributed by atoms with E-state index in [1.165, 1.54) is 11.3 Å². The zero-order valence-corrected chi connectivity index (χ0v) is 12.0. The summed E-state index contributed by atoms with van der Waals surface area (Å²) in [6.45, 7) is 0.299. The van der Waals surface area contributed by atoms with Crippen LogP contribution in [0.4, 0.5) is 0 Å². The van der Waals surface area contributed by atoms with E-state index in [-0.39, 0.29) is 0 Å². The molecule has 0 spiro atoms. The summed E-state index contributed by atoms with van der Waals surface area (Å²) in [5, 5.41) is 1.74. The summed E-state index contributed by atoms with van der Waals surface area (Å²) in [5.41, 5.74) is 0.924. The van der Waals surface area contributed by atoms with Gasteiger partial charge in [-0.15, -0.1) is 11.3 Å². The summed E-state index contributed by atoms with van der Waals surface area (Å²) in [6, 6.07) is 10.8. The summed E-state index contributed by atoms with van der Waals surface area (Å²) in [4.78, 5) is 0. The first-order chi connectivity index (χ1) is 8.08. The molecule has 0 amide bonds. The van der Waals surface area contributed by atoms with Crippen molar-refractivity contribution in [3.05, 3.63) is 51.8 Å². The summed E-state index contributed by atoms with van der Waals surface area (Å²) < 4.78 is 27.5. The average molecular weight is 332 g/mol. The first-order valence-corrected chi connectivity index (χ1v) is 8.01. The van der Waals surface area contributed by atoms with Gasteiger partial charge in [0.2, 0.25) is 10.0 Å². The minimum absolute atomic E-state index is 0.299. The van der Waals surface area contributed by atoms with E-state index in [9.17, 15) is 8.42 Å². The number of thiophene rings is 1. The van der Waals surface area contributed by atoms with Gasteiger partial charge in [-0.3, -0.25) is 0 Å². The molecule has 6 heteroatoms. The maximum atomic E-state index is 11.8. The van der Waals surface area contributed by atoms with Crippen molar-refractivity contribution in [3.8, 4) is 0 Å². The van der Waals surface area contributed by atoms with Gasteiger partial charge in [-0.1, -0.05) is 34.1 Å². The van der Waals surface area contributed by atoms with Gasteiger partial charge in [-0.25, -0.2) is 13.1 Å². The molecule has 0 radical (unpaired) electrons. The molecular formula is C11H10BrNO2S2. The molecular weight excluding hydrogens is 322 g/mol. The second-order valence-electron chi connectivity index (χ2n) is 3.38. The van der Waals surface area contributed by atoms with Crippen molar-refractivity contribution in [2.24, 2.45) is 0 Å². The molecule has 3 nitrogen and oxygen atoms in total. The second-order valence-corrected chi connectivity index (χ2v) is 7.24.